The van der Waals surface area contributed by atoms with Crippen LogP contribution in [0.1, 0.15) is 57.9 Å². The molecular formula is C22H29N3O2. The van der Waals surface area contributed by atoms with Crippen LogP contribution in [-0.4, -0.2) is 46.8 Å². The molecule has 1 saturated heterocycles. The average Bonchev–Trinajstić information content (AvgIpc) is 3.06. The maximum absolute atomic E-state index is 11.9. The highest BCUT2D eigenvalue weighted by Gasteiger charge is 2.43. The van der Waals surface area contributed by atoms with Crippen LogP contribution in [0.3, 0.4) is 0 Å². The zero-order chi connectivity index (χ0) is 19.2. The molecule has 0 aromatic carbocycles. The van der Waals surface area contributed by atoms with Crippen molar-refractivity contribution in [2.24, 2.45) is 10.9 Å². The number of carbonyl (C=O) groups excluding carboxylic acids is 1. The molecule has 2 aliphatic heterocycles. The standard InChI is InChI=1S/C22H29N3O2/c1-14(2)16-4-5-19(23-12-16)25-8-6-15(7-9-25)21-20-17(13-24-21)10-18(26)11-22(20,3)27/h4-5,12,14-15,27H,6-11,13H2,1-3H3. The molecule has 1 unspecified atom stereocenters. The summed E-state index contributed by atoms with van der Waals surface area (Å²) in [5.74, 6) is 2.03. The SMILES string of the molecule is CC(C)c1ccc(N2CCC(C3=NCC4=C3C(C)(O)CC(=O)C4)CC2)nc1. The molecule has 0 bridgehead atoms. The van der Waals surface area contributed by atoms with Crippen molar-refractivity contribution >= 4 is 17.3 Å². The van der Waals surface area contributed by atoms with Gasteiger partial charge in [0, 0.05) is 49.3 Å². The molecular weight excluding hydrogens is 338 g/mol. The Bertz CT molecular complexity index is 797. The number of anilines is 1. The fourth-order valence-corrected chi connectivity index (χ4v) is 4.74. The molecule has 5 heteroatoms. The third kappa shape index (κ3) is 3.45. The van der Waals surface area contributed by atoms with Crippen molar-refractivity contribution in [1.29, 1.82) is 0 Å². The van der Waals surface area contributed by atoms with E-state index in [9.17, 15) is 9.90 Å². The average molecular weight is 367 g/mol. The summed E-state index contributed by atoms with van der Waals surface area (Å²) >= 11 is 0. The molecule has 1 N–H and O–H groups in total. The number of ketones is 1. The van der Waals surface area contributed by atoms with E-state index in [1.165, 1.54) is 5.56 Å². The number of aliphatic imine (C=N–C) groups is 1. The van der Waals surface area contributed by atoms with Crippen LogP contribution in [0, 0.1) is 5.92 Å². The van der Waals surface area contributed by atoms with Crippen LogP contribution in [0.5, 0.6) is 0 Å². The highest BCUT2D eigenvalue weighted by molar-refractivity contribution is 6.08. The zero-order valence-electron chi connectivity index (χ0n) is 16.5. The summed E-state index contributed by atoms with van der Waals surface area (Å²) in [6.45, 7) is 8.62. The first kappa shape index (κ1) is 18.4. The van der Waals surface area contributed by atoms with Gasteiger partial charge in [-0.3, -0.25) is 9.79 Å². The summed E-state index contributed by atoms with van der Waals surface area (Å²) in [5.41, 5.74) is 3.29. The summed E-state index contributed by atoms with van der Waals surface area (Å²) in [7, 11) is 0. The third-order valence-corrected chi connectivity index (χ3v) is 6.18. The van der Waals surface area contributed by atoms with Crippen molar-refractivity contribution in [1.82, 2.24) is 4.98 Å². The number of rotatable bonds is 3. The summed E-state index contributed by atoms with van der Waals surface area (Å²) in [6, 6.07) is 4.30. The van der Waals surface area contributed by atoms with Gasteiger partial charge in [0.2, 0.25) is 0 Å². The van der Waals surface area contributed by atoms with Crippen LogP contribution in [0.25, 0.3) is 0 Å². The fourth-order valence-electron chi connectivity index (χ4n) is 4.74. The van der Waals surface area contributed by atoms with E-state index >= 15 is 0 Å². The topological polar surface area (TPSA) is 65.8 Å². The number of piperidine rings is 1. The van der Waals surface area contributed by atoms with Gasteiger partial charge in [-0.1, -0.05) is 19.9 Å². The first-order valence-electron chi connectivity index (χ1n) is 10.1. The molecule has 0 spiro atoms. The molecule has 3 heterocycles. The van der Waals surface area contributed by atoms with Gasteiger partial charge in [0.15, 0.2) is 0 Å². The summed E-state index contributed by atoms with van der Waals surface area (Å²) in [5, 5.41) is 10.8. The van der Waals surface area contributed by atoms with Crippen LogP contribution < -0.4 is 4.90 Å². The van der Waals surface area contributed by atoms with Crippen LogP contribution in [0.2, 0.25) is 0 Å². The van der Waals surface area contributed by atoms with Gasteiger partial charge in [-0.15, -0.1) is 0 Å². The Morgan fingerprint density at radius 1 is 1.26 bits per heavy atom. The van der Waals surface area contributed by atoms with Crippen LogP contribution in [0.15, 0.2) is 34.5 Å². The Labute approximate surface area is 161 Å². The Morgan fingerprint density at radius 3 is 2.63 bits per heavy atom. The normalized spacial score (nSPS) is 26.6. The molecule has 0 radical (unpaired) electrons. The smallest absolute Gasteiger partial charge is 0.140 e. The quantitative estimate of drug-likeness (QED) is 0.890. The monoisotopic (exact) mass is 367 g/mol. The van der Waals surface area contributed by atoms with Crippen molar-refractivity contribution in [2.45, 2.75) is 58.0 Å². The number of Topliss-reactive ketones (excluding diaryl/α,β-unsaturated/α-hetero) is 1. The second-order valence-electron chi connectivity index (χ2n) is 8.71. The van der Waals surface area contributed by atoms with Crippen molar-refractivity contribution in [3.05, 3.63) is 35.0 Å². The number of carbonyl (C=O) groups is 1. The molecule has 4 rings (SSSR count). The highest BCUT2D eigenvalue weighted by Crippen LogP contribution is 2.40. The molecule has 1 aromatic heterocycles. The van der Waals surface area contributed by atoms with Gasteiger partial charge in [0.25, 0.3) is 0 Å². The Balaban J connectivity index is 1.45. The minimum atomic E-state index is -1.05. The van der Waals surface area contributed by atoms with Crippen LogP contribution >= 0.6 is 0 Å². The van der Waals surface area contributed by atoms with E-state index in [0.29, 0.717) is 24.8 Å². The lowest BCUT2D eigenvalue weighted by molar-refractivity contribution is -0.122. The van der Waals surface area contributed by atoms with Crippen LogP contribution in [-0.2, 0) is 4.79 Å². The summed E-state index contributed by atoms with van der Waals surface area (Å²) in [4.78, 5) is 23.7. The van der Waals surface area contributed by atoms with E-state index in [-0.39, 0.29) is 12.2 Å². The van der Waals surface area contributed by atoms with Gasteiger partial charge in [-0.05, 0) is 42.9 Å². The molecule has 1 aromatic rings. The van der Waals surface area contributed by atoms with E-state index in [2.05, 4.69) is 35.9 Å². The molecule has 3 aliphatic rings. The van der Waals surface area contributed by atoms with Crippen molar-refractivity contribution < 1.29 is 9.90 Å². The fraction of sp³-hybridized carbons (Fsp3) is 0.591. The maximum Gasteiger partial charge on any atom is 0.140 e. The molecule has 0 saturated carbocycles. The van der Waals surface area contributed by atoms with Crippen LogP contribution in [0.4, 0.5) is 5.82 Å². The molecule has 1 atom stereocenters. The van der Waals surface area contributed by atoms with E-state index in [0.717, 1.165) is 48.6 Å². The van der Waals surface area contributed by atoms with E-state index in [1.807, 2.05) is 6.20 Å². The van der Waals surface area contributed by atoms with Gasteiger partial charge in [-0.25, -0.2) is 4.98 Å². The van der Waals surface area contributed by atoms with Gasteiger partial charge < -0.3 is 10.0 Å². The van der Waals surface area contributed by atoms with E-state index < -0.39 is 5.60 Å². The first-order chi connectivity index (χ1) is 12.8. The first-order valence-corrected chi connectivity index (χ1v) is 10.1. The minimum Gasteiger partial charge on any atom is -0.385 e. The number of aromatic nitrogens is 1. The number of pyridine rings is 1. The highest BCUT2D eigenvalue weighted by atomic mass is 16.3. The molecule has 5 nitrogen and oxygen atoms in total. The lowest BCUT2D eigenvalue weighted by atomic mass is 9.74. The van der Waals surface area contributed by atoms with Gasteiger partial charge in [0.05, 0.1) is 12.1 Å². The lowest BCUT2D eigenvalue weighted by Crippen LogP contribution is -2.42. The lowest BCUT2D eigenvalue weighted by Gasteiger charge is -2.37. The summed E-state index contributed by atoms with van der Waals surface area (Å²) in [6.07, 6.45) is 4.68. The van der Waals surface area contributed by atoms with Crippen molar-refractivity contribution in [3.63, 3.8) is 0 Å². The van der Waals surface area contributed by atoms with Gasteiger partial charge in [0.1, 0.15) is 11.6 Å². The van der Waals surface area contributed by atoms with Gasteiger partial charge >= 0.3 is 0 Å². The molecule has 144 valence electrons. The Hall–Kier alpha value is -2.01. The molecule has 27 heavy (non-hydrogen) atoms. The zero-order valence-corrected chi connectivity index (χ0v) is 16.5. The Kier molecular flexibility index (Phi) is 4.66. The van der Waals surface area contributed by atoms with Gasteiger partial charge in [-0.2, -0.15) is 0 Å². The number of hydrogen-bond acceptors (Lipinski definition) is 5. The third-order valence-electron chi connectivity index (χ3n) is 6.18. The molecule has 1 fully saturated rings. The summed E-state index contributed by atoms with van der Waals surface area (Å²) < 4.78 is 0. The van der Waals surface area contributed by atoms with Crippen molar-refractivity contribution in [3.8, 4) is 0 Å². The predicted octanol–water partition coefficient (Wildman–Crippen LogP) is 3.29. The molecule has 1 aliphatic carbocycles. The molecule has 0 amide bonds. The number of nitrogens with zero attached hydrogens (tertiary/aromatic N) is 3. The second kappa shape index (κ2) is 6.86. The minimum absolute atomic E-state index is 0.126. The number of aliphatic hydroxyl groups is 1. The second-order valence-corrected chi connectivity index (χ2v) is 8.71. The maximum atomic E-state index is 11.9. The van der Waals surface area contributed by atoms with E-state index in [4.69, 9.17) is 4.99 Å². The van der Waals surface area contributed by atoms with Crippen molar-refractivity contribution in [2.75, 3.05) is 24.5 Å². The Morgan fingerprint density at radius 2 is 2.00 bits per heavy atom. The predicted molar refractivity (Wildman–Crippen MR) is 107 cm³/mol. The largest absolute Gasteiger partial charge is 0.385 e. The number of hydrogen-bond donors (Lipinski definition) is 1. The van der Waals surface area contributed by atoms with E-state index in [1.54, 1.807) is 6.92 Å².